The van der Waals surface area contributed by atoms with Gasteiger partial charge in [-0.15, -0.1) is 0 Å². The molecule has 4 aromatic rings. The molecule has 0 amide bonds. The molecular weight excluding hydrogens is 332 g/mol. The highest BCUT2D eigenvalue weighted by Crippen LogP contribution is 2.30. The topological polar surface area (TPSA) is 100 Å². The summed E-state index contributed by atoms with van der Waals surface area (Å²) in [4.78, 5) is 16.6. The Morgan fingerprint density at radius 1 is 1.12 bits per heavy atom. The number of aromatic nitrogens is 1. The molecule has 0 atom stereocenters. The van der Waals surface area contributed by atoms with E-state index in [0.717, 1.165) is 0 Å². The van der Waals surface area contributed by atoms with Gasteiger partial charge >= 0.3 is 5.63 Å². The fourth-order valence-corrected chi connectivity index (χ4v) is 2.67. The van der Waals surface area contributed by atoms with Crippen molar-refractivity contribution < 1.29 is 13.9 Å². The van der Waals surface area contributed by atoms with Crippen molar-refractivity contribution in [2.45, 2.75) is 0 Å². The van der Waals surface area contributed by atoms with E-state index in [1.807, 2.05) is 6.07 Å². The van der Waals surface area contributed by atoms with E-state index in [1.165, 1.54) is 18.2 Å². The third kappa shape index (κ3) is 2.11. The standard InChI is InChI=1S/C17H7ClN2O4/c18-8-1-4-13-12(5-8)20-16(23-13)15-11(7-19)10-3-2-9(21)6-14(10)24-17(15)22/h1-6,21H. The second kappa shape index (κ2) is 5.11. The van der Waals surface area contributed by atoms with Gasteiger partial charge in [0.1, 0.15) is 28.5 Å². The number of phenolic OH excluding ortho intramolecular Hbond substituents is 1. The molecule has 0 unspecified atom stereocenters. The van der Waals surface area contributed by atoms with Crippen molar-refractivity contribution in [2.24, 2.45) is 0 Å². The first kappa shape index (κ1) is 14.3. The zero-order valence-corrected chi connectivity index (χ0v) is 12.7. The van der Waals surface area contributed by atoms with Gasteiger partial charge in [0.2, 0.25) is 5.89 Å². The number of oxazole rings is 1. The van der Waals surface area contributed by atoms with Crippen molar-refractivity contribution in [1.82, 2.24) is 4.98 Å². The first-order valence-electron chi connectivity index (χ1n) is 6.83. The molecule has 0 aliphatic heterocycles. The predicted octanol–water partition coefficient (Wildman–Crippen LogP) is 3.83. The molecule has 0 radical (unpaired) electrons. The second-order valence-electron chi connectivity index (χ2n) is 5.06. The van der Waals surface area contributed by atoms with Gasteiger partial charge in [0, 0.05) is 16.5 Å². The van der Waals surface area contributed by atoms with Crippen LogP contribution in [0.5, 0.6) is 5.75 Å². The Balaban J connectivity index is 2.08. The Morgan fingerprint density at radius 3 is 2.75 bits per heavy atom. The van der Waals surface area contributed by atoms with E-state index in [0.29, 0.717) is 21.5 Å². The lowest BCUT2D eigenvalue weighted by atomic mass is 10.1. The van der Waals surface area contributed by atoms with E-state index in [1.54, 1.807) is 18.2 Å². The third-order valence-corrected chi connectivity index (χ3v) is 3.80. The SMILES string of the molecule is N#Cc1c(-c2nc3cc(Cl)ccc3o2)c(=O)oc2cc(O)ccc12. The molecule has 0 saturated heterocycles. The highest BCUT2D eigenvalue weighted by atomic mass is 35.5. The molecule has 0 bridgehead atoms. The number of phenols is 1. The van der Waals surface area contributed by atoms with Crippen LogP contribution in [0.25, 0.3) is 33.5 Å². The van der Waals surface area contributed by atoms with Crippen LogP contribution in [-0.4, -0.2) is 10.1 Å². The first-order chi connectivity index (χ1) is 11.6. The molecule has 0 saturated carbocycles. The summed E-state index contributed by atoms with van der Waals surface area (Å²) in [5.41, 5.74) is 0.235. The lowest BCUT2D eigenvalue weighted by molar-refractivity contribution is 0.473. The lowest BCUT2D eigenvalue weighted by Crippen LogP contribution is -2.06. The zero-order chi connectivity index (χ0) is 16.8. The highest BCUT2D eigenvalue weighted by molar-refractivity contribution is 6.31. The Kier molecular flexibility index (Phi) is 3.05. The maximum absolute atomic E-state index is 12.3. The van der Waals surface area contributed by atoms with Crippen LogP contribution in [0.4, 0.5) is 0 Å². The number of halogens is 1. The van der Waals surface area contributed by atoms with Gasteiger partial charge in [-0.1, -0.05) is 11.6 Å². The number of nitrogens with zero attached hydrogens (tertiary/aromatic N) is 2. The van der Waals surface area contributed by atoms with Crippen LogP contribution in [0.3, 0.4) is 0 Å². The van der Waals surface area contributed by atoms with E-state index in [4.69, 9.17) is 20.4 Å². The van der Waals surface area contributed by atoms with Gasteiger partial charge in [-0.2, -0.15) is 5.26 Å². The summed E-state index contributed by atoms with van der Waals surface area (Å²) in [5.74, 6) is -0.0914. The van der Waals surface area contributed by atoms with Crippen molar-refractivity contribution in [3.63, 3.8) is 0 Å². The molecule has 0 spiro atoms. The number of fused-ring (bicyclic) bond motifs is 2. The Morgan fingerprint density at radius 2 is 1.96 bits per heavy atom. The van der Waals surface area contributed by atoms with Crippen molar-refractivity contribution in [3.8, 4) is 23.3 Å². The Bertz CT molecular complexity index is 1220. The minimum Gasteiger partial charge on any atom is -0.508 e. The molecule has 7 heteroatoms. The number of hydrogen-bond acceptors (Lipinski definition) is 6. The van der Waals surface area contributed by atoms with Crippen LogP contribution >= 0.6 is 11.6 Å². The van der Waals surface area contributed by atoms with Gasteiger partial charge in [0.05, 0.1) is 5.56 Å². The predicted molar refractivity (Wildman–Crippen MR) is 86.9 cm³/mol. The minimum atomic E-state index is -0.776. The summed E-state index contributed by atoms with van der Waals surface area (Å²) in [6, 6.07) is 11.0. The Labute approximate surface area is 139 Å². The van der Waals surface area contributed by atoms with Gasteiger partial charge in [0.15, 0.2) is 5.58 Å². The number of rotatable bonds is 1. The van der Waals surface area contributed by atoms with Crippen LogP contribution in [0.15, 0.2) is 50.0 Å². The Hall–Kier alpha value is -3.30. The smallest absolute Gasteiger partial charge is 0.350 e. The van der Waals surface area contributed by atoms with Crippen LogP contribution in [0.2, 0.25) is 5.02 Å². The molecule has 0 aliphatic rings. The molecule has 116 valence electrons. The summed E-state index contributed by atoms with van der Waals surface area (Å²) in [5, 5.41) is 19.9. The van der Waals surface area contributed by atoms with E-state index < -0.39 is 5.63 Å². The maximum Gasteiger partial charge on any atom is 0.350 e. The summed E-state index contributed by atoms with van der Waals surface area (Å²) in [7, 11) is 0. The maximum atomic E-state index is 12.3. The van der Waals surface area contributed by atoms with Crippen molar-refractivity contribution in [2.75, 3.05) is 0 Å². The van der Waals surface area contributed by atoms with E-state index >= 15 is 0 Å². The van der Waals surface area contributed by atoms with E-state index in [-0.39, 0.29) is 28.4 Å². The van der Waals surface area contributed by atoms with Crippen molar-refractivity contribution in [1.29, 1.82) is 5.26 Å². The first-order valence-corrected chi connectivity index (χ1v) is 7.21. The van der Waals surface area contributed by atoms with Gasteiger partial charge in [-0.25, -0.2) is 9.78 Å². The molecule has 2 aromatic carbocycles. The van der Waals surface area contributed by atoms with Gasteiger partial charge in [0.25, 0.3) is 0 Å². The van der Waals surface area contributed by atoms with E-state index in [9.17, 15) is 15.2 Å². The average Bonchev–Trinajstić information content (AvgIpc) is 2.95. The lowest BCUT2D eigenvalue weighted by Gasteiger charge is -2.03. The third-order valence-electron chi connectivity index (χ3n) is 3.57. The number of nitriles is 1. The summed E-state index contributed by atoms with van der Waals surface area (Å²) in [6.45, 7) is 0. The zero-order valence-electron chi connectivity index (χ0n) is 11.9. The molecule has 2 aromatic heterocycles. The molecule has 1 N–H and O–H groups in total. The highest BCUT2D eigenvalue weighted by Gasteiger charge is 2.21. The largest absolute Gasteiger partial charge is 0.508 e. The van der Waals surface area contributed by atoms with Crippen molar-refractivity contribution in [3.05, 3.63) is 57.4 Å². The van der Waals surface area contributed by atoms with Gasteiger partial charge in [-0.3, -0.25) is 0 Å². The summed E-state index contributed by atoms with van der Waals surface area (Å²) in [6.07, 6.45) is 0. The molecule has 2 heterocycles. The van der Waals surface area contributed by atoms with Crippen LogP contribution < -0.4 is 5.63 Å². The molecular formula is C17H7ClN2O4. The normalized spacial score (nSPS) is 11.0. The molecule has 0 aliphatic carbocycles. The molecule has 24 heavy (non-hydrogen) atoms. The van der Waals surface area contributed by atoms with Crippen LogP contribution in [-0.2, 0) is 0 Å². The number of benzene rings is 2. The van der Waals surface area contributed by atoms with Gasteiger partial charge in [-0.05, 0) is 30.3 Å². The number of hydrogen-bond donors (Lipinski definition) is 1. The number of aromatic hydroxyl groups is 1. The van der Waals surface area contributed by atoms with Crippen LogP contribution in [0.1, 0.15) is 5.56 Å². The summed E-state index contributed by atoms with van der Waals surface area (Å²) < 4.78 is 10.8. The second-order valence-corrected chi connectivity index (χ2v) is 5.50. The molecule has 6 nitrogen and oxygen atoms in total. The fourth-order valence-electron chi connectivity index (χ4n) is 2.51. The fraction of sp³-hybridized carbons (Fsp3) is 0. The van der Waals surface area contributed by atoms with Crippen molar-refractivity contribution >= 4 is 33.7 Å². The van der Waals surface area contributed by atoms with E-state index in [2.05, 4.69) is 4.98 Å². The molecule has 4 rings (SSSR count). The average molecular weight is 339 g/mol. The quantitative estimate of drug-likeness (QED) is 0.529. The monoisotopic (exact) mass is 338 g/mol. The van der Waals surface area contributed by atoms with Crippen LogP contribution in [0, 0.1) is 11.3 Å². The summed E-state index contributed by atoms with van der Waals surface area (Å²) >= 11 is 5.92. The minimum absolute atomic E-state index is 0.0208. The van der Waals surface area contributed by atoms with Gasteiger partial charge < -0.3 is 13.9 Å². The molecule has 0 fully saturated rings.